The van der Waals surface area contributed by atoms with E-state index in [1.54, 1.807) is 0 Å². The van der Waals surface area contributed by atoms with E-state index >= 15 is 0 Å². The van der Waals surface area contributed by atoms with E-state index in [0.717, 1.165) is 53.7 Å². The molecule has 59 heavy (non-hydrogen) atoms. The Hall–Kier alpha value is -7.30. The molecule has 282 valence electrons. The van der Waals surface area contributed by atoms with E-state index in [-0.39, 0.29) is 12.0 Å². The van der Waals surface area contributed by atoms with Gasteiger partial charge in [-0.1, -0.05) is 122 Å². The fourth-order valence-corrected chi connectivity index (χ4v) is 9.84. The predicted octanol–water partition coefficient (Wildman–Crippen LogP) is 13.4. The summed E-state index contributed by atoms with van der Waals surface area (Å²) in [6, 6.07) is 50.7. The number of hydrogen-bond acceptors (Lipinski definition) is 3. The van der Waals surface area contributed by atoms with Gasteiger partial charge in [0.2, 0.25) is 0 Å². The number of hydrogen-bond donors (Lipinski definition) is 0. The van der Waals surface area contributed by atoms with Gasteiger partial charge in [0.25, 0.3) is 0 Å². The van der Waals surface area contributed by atoms with Gasteiger partial charge in [0.1, 0.15) is 23.0 Å². The minimum atomic E-state index is 0.129. The van der Waals surface area contributed by atoms with Gasteiger partial charge in [0.05, 0.1) is 23.0 Å². The summed E-state index contributed by atoms with van der Waals surface area (Å²) >= 11 is 0. The van der Waals surface area contributed by atoms with Crippen molar-refractivity contribution in [3.05, 3.63) is 216 Å². The minimum Gasteiger partial charge on any atom is -0.461 e. The summed E-state index contributed by atoms with van der Waals surface area (Å²) in [5.41, 5.74) is 15.6. The molecule has 8 aromatic rings. The molecule has 4 nitrogen and oxygen atoms in total. The Morgan fingerprint density at radius 1 is 0.610 bits per heavy atom. The Morgan fingerprint density at radius 3 is 2.12 bits per heavy atom. The van der Waals surface area contributed by atoms with Crippen LogP contribution in [-0.4, -0.2) is 17.2 Å². The highest BCUT2D eigenvalue weighted by molar-refractivity contribution is 6.11. The van der Waals surface area contributed by atoms with Gasteiger partial charge in [-0.2, -0.15) is 0 Å². The molecule has 4 aliphatic rings. The molecule has 0 bridgehead atoms. The van der Waals surface area contributed by atoms with Gasteiger partial charge in [-0.3, -0.25) is 0 Å². The van der Waals surface area contributed by atoms with Gasteiger partial charge in [0, 0.05) is 63.4 Å². The second-order valence-corrected chi connectivity index (χ2v) is 16.1. The first-order chi connectivity index (χ1) is 29.1. The van der Waals surface area contributed by atoms with Crippen LogP contribution >= 0.6 is 0 Å². The fraction of sp³-hybridized carbons (Fsp3) is 0.0909. The van der Waals surface area contributed by atoms with Crippen molar-refractivity contribution in [1.82, 2.24) is 4.57 Å². The van der Waals surface area contributed by atoms with Crippen LogP contribution in [0.25, 0.3) is 67.5 Å². The predicted molar refractivity (Wildman–Crippen MR) is 243 cm³/mol. The van der Waals surface area contributed by atoms with Crippen LogP contribution in [0.5, 0.6) is 5.75 Å². The number of ether oxygens (including phenoxy) is 1. The Bertz CT molecular complexity index is 3140. The second-order valence-electron chi connectivity index (χ2n) is 16.1. The smallest absolute Gasteiger partial charge is 0.134 e. The number of aromatic nitrogens is 1. The molecule has 2 aliphatic carbocycles. The van der Waals surface area contributed by atoms with Gasteiger partial charge in [-0.05, 0) is 94.9 Å². The normalized spacial score (nSPS) is 18.7. The van der Waals surface area contributed by atoms with Crippen molar-refractivity contribution in [3.63, 3.8) is 0 Å². The molecule has 4 heteroatoms. The van der Waals surface area contributed by atoms with Gasteiger partial charge >= 0.3 is 0 Å². The van der Waals surface area contributed by atoms with E-state index < -0.39 is 0 Å². The highest BCUT2D eigenvalue weighted by Gasteiger charge is 2.38. The third-order valence-corrected chi connectivity index (χ3v) is 12.7. The van der Waals surface area contributed by atoms with Crippen LogP contribution in [-0.2, 0) is 12.8 Å². The maximum absolute atomic E-state index is 6.58. The first-order valence-corrected chi connectivity index (χ1v) is 20.6. The fourth-order valence-electron chi connectivity index (χ4n) is 9.84. The summed E-state index contributed by atoms with van der Waals surface area (Å²) in [7, 11) is 0. The van der Waals surface area contributed by atoms with Crippen LogP contribution in [0.15, 0.2) is 187 Å². The number of furan rings is 1. The third kappa shape index (κ3) is 5.51. The molecular weight excluding hydrogens is 721 g/mol. The Balaban J connectivity index is 0.898. The molecule has 0 spiro atoms. The van der Waals surface area contributed by atoms with Crippen LogP contribution in [0.2, 0.25) is 0 Å². The zero-order valence-electron chi connectivity index (χ0n) is 32.5. The lowest BCUT2D eigenvalue weighted by Gasteiger charge is -2.34. The molecule has 12 rings (SSSR count). The first kappa shape index (κ1) is 33.8. The number of anilines is 1. The zero-order valence-corrected chi connectivity index (χ0v) is 32.5. The number of rotatable bonds is 4. The van der Waals surface area contributed by atoms with Gasteiger partial charge in [-0.25, -0.2) is 0 Å². The van der Waals surface area contributed by atoms with E-state index in [4.69, 9.17) is 9.15 Å². The molecule has 0 amide bonds. The molecule has 6 aromatic carbocycles. The van der Waals surface area contributed by atoms with Gasteiger partial charge < -0.3 is 18.6 Å². The molecule has 0 radical (unpaired) electrons. The van der Waals surface area contributed by atoms with Crippen molar-refractivity contribution in [2.24, 2.45) is 0 Å². The lowest BCUT2D eigenvalue weighted by atomic mass is 9.83. The Kier molecular flexibility index (Phi) is 7.67. The van der Waals surface area contributed by atoms with Crippen molar-refractivity contribution in [3.8, 4) is 33.7 Å². The molecule has 2 atom stereocenters. The number of para-hydroxylation sites is 2. The number of nitrogens with zero attached hydrogens (tertiary/aromatic N) is 2. The summed E-state index contributed by atoms with van der Waals surface area (Å²) < 4.78 is 15.5. The summed E-state index contributed by atoms with van der Waals surface area (Å²) in [6.07, 6.45) is 16.9. The minimum absolute atomic E-state index is 0.129. The molecule has 0 saturated heterocycles. The molecule has 0 saturated carbocycles. The van der Waals surface area contributed by atoms with Crippen LogP contribution in [0.1, 0.15) is 39.7 Å². The monoisotopic (exact) mass is 760 g/mol. The number of fused-ring (bicyclic) bond motifs is 10. The van der Waals surface area contributed by atoms with Crippen molar-refractivity contribution >= 4 is 45.2 Å². The quantitative estimate of drug-likeness (QED) is 0.179. The van der Waals surface area contributed by atoms with E-state index in [2.05, 4.69) is 198 Å². The molecule has 2 aromatic heterocycles. The van der Waals surface area contributed by atoms with Crippen LogP contribution < -0.4 is 9.64 Å². The van der Waals surface area contributed by atoms with Crippen molar-refractivity contribution in [2.75, 3.05) is 11.4 Å². The van der Waals surface area contributed by atoms with E-state index in [1.807, 2.05) is 0 Å². The first-order valence-electron chi connectivity index (χ1n) is 20.6. The largest absolute Gasteiger partial charge is 0.461 e. The molecule has 0 N–H and O–H groups in total. The average Bonchev–Trinajstić information content (AvgIpc) is 3.96. The van der Waals surface area contributed by atoms with Crippen LogP contribution in [0.4, 0.5) is 5.69 Å². The number of benzene rings is 6. The van der Waals surface area contributed by atoms with Crippen molar-refractivity contribution < 1.29 is 9.15 Å². The van der Waals surface area contributed by atoms with Crippen molar-refractivity contribution in [1.29, 1.82) is 0 Å². The average molecular weight is 761 g/mol. The maximum atomic E-state index is 6.58. The van der Waals surface area contributed by atoms with Crippen LogP contribution in [0, 0.1) is 0 Å². The maximum Gasteiger partial charge on any atom is 0.134 e. The van der Waals surface area contributed by atoms with Gasteiger partial charge in [0.15, 0.2) is 0 Å². The summed E-state index contributed by atoms with van der Waals surface area (Å²) in [6.45, 7) is 5.20. The van der Waals surface area contributed by atoms with E-state index in [0.29, 0.717) is 0 Å². The molecular formula is C55H40N2O2. The lowest BCUT2D eigenvalue weighted by Crippen LogP contribution is -2.37. The molecule has 0 fully saturated rings. The van der Waals surface area contributed by atoms with E-state index in [1.165, 1.54) is 72.0 Å². The summed E-state index contributed by atoms with van der Waals surface area (Å²) in [4.78, 5) is 2.50. The molecule has 2 unspecified atom stereocenters. The Morgan fingerprint density at radius 2 is 1.31 bits per heavy atom. The standard InChI is InChI=1S/C55H40N2O2/c1-35-13-5-4-12-28-56(49-19-11-10-18-42(35)49)41-23-27-53-46(32-41)48-33-47-45-31-39(22-26-52(45)58-54(47)34-55(48)59-53)38-21-25-51-44(30-38)43-29-37(36-14-6-2-7-15-36)20-24-50(43)57(51)40-16-8-3-9-17-40/h2-27,29-31,34,41,47H,1,28,32-33H2/b12-4-,13-5-. The van der Waals surface area contributed by atoms with Gasteiger partial charge in [-0.15, -0.1) is 0 Å². The third-order valence-electron chi connectivity index (χ3n) is 12.7. The lowest BCUT2D eigenvalue weighted by molar-refractivity contribution is 0.423. The highest BCUT2D eigenvalue weighted by atomic mass is 16.5. The zero-order chi connectivity index (χ0) is 39.0. The van der Waals surface area contributed by atoms with E-state index in [9.17, 15) is 0 Å². The topological polar surface area (TPSA) is 30.5 Å². The van der Waals surface area contributed by atoms with Crippen LogP contribution in [0.3, 0.4) is 0 Å². The molecule has 4 heterocycles. The van der Waals surface area contributed by atoms with Crippen molar-refractivity contribution in [2.45, 2.75) is 24.8 Å². The second kappa shape index (κ2) is 13.4. The number of allylic oxidation sites excluding steroid dienone is 5. The molecule has 2 aliphatic heterocycles. The highest BCUT2D eigenvalue weighted by Crippen LogP contribution is 2.50. The summed E-state index contributed by atoms with van der Waals surface area (Å²) in [5.74, 6) is 3.93. The Labute approximate surface area is 343 Å². The summed E-state index contributed by atoms with van der Waals surface area (Å²) in [5, 5.41) is 2.48. The SMILES string of the molecule is C=C1/C=C\C=C/CN(C2C=Cc3oc4c(c3C2)CC2C(=C4)Oc3ccc(-c4ccc5c(c4)c4cc(-c6ccccc6)ccc4n5-c4ccccc4)cc32)c2ccccc21.